The highest BCUT2D eigenvalue weighted by Gasteiger charge is 2.23. The number of hydrogen-bond donors (Lipinski definition) is 0. The molecule has 0 amide bonds. The second-order valence-electron chi connectivity index (χ2n) is 5.53. The molecule has 0 saturated heterocycles. The summed E-state index contributed by atoms with van der Waals surface area (Å²) in [5.41, 5.74) is 2.04. The lowest BCUT2D eigenvalue weighted by molar-refractivity contribution is 0.496. The van der Waals surface area contributed by atoms with E-state index in [1.165, 1.54) is 23.9 Å². The van der Waals surface area contributed by atoms with Crippen LogP contribution in [0, 0.1) is 11.6 Å². The number of aryl methyl sites for hydroxylation is 1. The van der Waals surface area contributed by atoms with Gasteiger partial charge in [0, 0.05) is 9.79 Å². The Kier molecular flexibility index (Phi) is 4.29. The molecule has 1 aliphatic rings. The average molecular weight is 304 g/mol. The maximum absolute atomic E-state index is 14.5. The smallest absolute Gasteiger partial charge is 0.128 e. The highest BCUT2D eigenvalue weighted by molar-refractivity contribution is 7.99. The lowest BCUT2D eigenvalue weighted by Crippen LogP contribution is -2.11. The van der Waals surface area contributed by atoms with Gasteiger partial charge >= 0.3 is 0 Å². The van der Waals surface area contributed by atoms with Gasteiger partial charge in [0.1, 0.15) is 11.6 Å². The number of fused-ring (bicyclic) bond motifs is 1. The molecule has 0 aromatic heterocycles. The van der Waals surface area contributed by atoms with Crippen molar-refractivity contribution < 1.29 is 8.78 Å². The van der Waals surface area contributed by atoms with Crippen LogP contribution in [-0.4, -0.2) is 0 Å². The van der Waals surface area contributed by atoms with Gasteiger partial charge in [0.25, 0.3) is 0 Å². The lowest BCUT2D eigenvalue weighted by Gasteiger charge is -2.25. The van der Waals surface area contributed by atoms with Crippen LogP contribution in [0.5, 0.6) is 0 Å². The summed E-state index contributed by atoms with van der Waals surface area (Å²) in [7, 11) is 0. The largest absolute Gasteiger partial charge is 0.207 e. The van der Waals surface area contributed by atoms with Crippen molar-refractivity contribution in [1.29, 1.82) is 0 Å². The second-order valence-corrected chi connectivity index (χ2v) is 6.68. The quantitative estimate of drug-likeness (QED) is 0.675. The van der Waals surface area contributed by atoms with Crippen LogP contribution >= 0.6 is 11.8 Å². The fourth-order valence-electron chi connectivity index (χ4n) is 3.13. The molecule has 0 aliphatic heterocycles. The van der Waals surface area contributed by atoms with Gasteiger partial charge in [-0.2, -0.15) is 0 Å². The summed E-state index contributed by atoms with van der Waals surface area (Å²) in [6.07, 6.45) is 4.14. The number of halogens is 2. The van der Waals surface area contributed by atoms with Crippen molar-refractivity contribution in [3.05, 3.63) is 59.2 Å². The lowest BCUT2D eigenvalue weighted by atomic mass is 9.81. The summed E-state index contributed by atoms with van der Waals surface area (Å²) < 4.78 is 27.7. The molecular formula is C18H18F2S. The molecule has 3 heteroatoms. The van der Waals surface area contributed by atoms with Crippen LogP contribution in [0.4, 0.5) is 8.78 Å². The average Bonchev–Trinajstić information content (AvgIpc) is 2.46. The fourth-order valence-corrected chi connectivity index (χ4v) is 4.08. The third kappa shape index (κ3) is 3.13. The maximum Gasteiger partial charge on any atom is 0.128 e. The molecule has 2 aromatic carbocycles. The molecule has 0 N–H and O–H groups in total. The molecule has 0 nitrogen and oxygen atoms in total. The van der Waals surface area contributed by atoms with Gasteiger partial charge in [0.05, 0.1) is 0 Å². The molecule has 3 rings (SSSR count). The van der Waals surface area contributed by atoms with E-state index >= 15 is 0 Å². The minimum absolute atomic E-state index is 0.0991. The second kappa shape index (κ2) is 6.18. The molecule has 0 fully saturated rings. The topological polar surface area (TPSA) is 0 Å². The molecule has 110 valence electrons. The summed E-state index contributed by atoms with van der Waals surface area (Å²) in [5, 5.41) is 0. The van der Waals surface area contributed by atoms with Crippen LogP contribution in [-0.2, 0) is 6.42 Å². The normalized spacial score (nSPS) is 17.6. The Hall–Kier alpha value is -1.35. The molecule has 1 aliphatic carbocycles. The number of benzene rings is 2. The van der Waals surface area contributed by atoms with E-state index in [9.17, 15) is 8.78 Å². The van der Waals surface area contributed by atoms with Crippen molar-refractivity contribution in [1.82, 2.24) is 0 Å². The van der Waals surface area contributed by atoms with Crippen molar-refractivity contribution >= 4 is 11.8 Å². The van der Waals surface area contributed by atoms with Gasteiger partial charge in [0.2, 0.25) is 0 Å². The van der Waals surface area contributed by atoms with Crippen LogP contribution < -0.4 is 0 Å². The van der Waals surface area contributed by atoms with Crippen molar-refractivity contribution in [3.63, 3.8) is 0 Å². The van der Waals surface area contributed by atoms with Gasteiger partial charge in [0.15, 0.2) is 0 Å². The monoisotopic (exact) mass is 304 g/mol. The van der Waals surface area contributed by atoms with E-state index in [1.807, 2.05) is 6.07 Å². The van der Waals surface area contributed by atoms with Gasteiger partial charge in [-0.3, -0.25) is 0 Å². The summed E-state index contributed by atoms with van der Waals surface area (Å²) in [6.45, 7) is 2.12. The van der Waals surface area contributed by atoms with E-state index in [1.54, 1.807) is 12.1 Å². The molecule has 2 aromatic rings. The van der Waals surface area contributed by atoms with Gasteiger partial charge in [-0.1, -0.05) is 24.8 Å². The van der Waals surface area contributed by atoms with Crippen molar-refractivity contribution in [2.45, 2.75) is 48.3 Å². The molecule has 0 saturated carbocycles. The maximum atomic E-state index is 14.5. The highest BCUT2D eigenvalue weighted by atomic mass is 32.2. The van der Waals surface area contributed by atoms with E-state index in [4.69, 9.17) is 0 Å². The molecule has 0 bridgehead atoms. The van der Waals surface area contributed by atoms with E-state index in [0.717, 1.165) is 46.6 Å². The summed E-state index contributed by atoms with van der Waals surface area (Å²) in [6, 6.07) is 10.1. The Morgan fingerprint density at radius 2 is 2.00 bits per heavy atom. The van der Waals surface area contributed by atoms with Crippen molar-refractivity contribution in [2.24, 2.45) is 0 Å². The third-order valence-electron chi connectivity index (χ3n) is 4.12. The zero-order valence-corrected chi connectivity index (χ0v) is 12.9. The van der Waals surface area contributed by atoms with Gasteiger partial charge < -0.3 is 0 Å². The zero-order chi connectivity index (χ0) is 14.8. The summed E-state index contributed by atoms with van der Waals surface area (Å²) >= 11 is 1.42. The van der Waals surface area contributed by atoms with Gasteiger partial charge in [-0.25, -0.2) is 8.78 Å². The van der Waals surface area contributed by atoms with Crippen molar-refractivity contribution in [2.75, 3.05) is 0 Å². The van der Waals surface area contributed by atoms with E-state index in [2.05, 4.69) is 13.0 Å². The molecule has 0 unspecified atom stereocenters. The summed E-state index contributed by atoms with van der Waals surface area (Å²) in [5.74, 6) is -0.00981. The first-order chi connectivity index (χ1) is 10.2. The first kappa shape index (κ1) is 14.6. The predicted octanol–water partition coefficient (Wildman–Crippen LogP) is 5.95. The Morgan fingerprint density at radius 3 is 2.76 bits per heavy atom. The predicted molar refractivity (Wildman–Crippen MR) is 82.9 cm³/mol. The molecule has 21 heavy (non-hydrogen) atoms. The molecule has 0 heterocycles. The minimum Gasteiger partial charge on any atom is -0.207 e. The van der Waals surface area contributed by atoms with Crippen LogP contribution in [0.15, 0.2) is 46.2 Å². The Labute approximate surface area is 128 Å². The standard InChI is InChI=1S/C18H18F2S/c1-2-12-5-3-6-13-9-16(11-17(20)18(12)13)21-15-8-4-7-14(19)10-15/h4,7-12H,2-3,5-6H2,1H3/t12-/m1/s1. The highest BCUT2D eigenvalue weighted by Crippen LogP contribution is 2.39. The van der Waals surface area contributed by atoms with Gasteiger partial charge in [-0.15, -0.1) is 0 Å². The van der Waals surface area contributed by atoms with E-state index < -0.39 is 0 Å². The summed E-state index contributed by atoms with van der Waals surface area (Å²) in [4.78, 5) is 1.66. The van der Waals surface area contributed by atoms with Crippen LogP contribution in [0.1, 0.15) is 43.2 Å². The fraction of sp³-hybridized carbons (Fsp3) is 0.333. The SMILES string of the molecule is CC[C@@H]1CCCc2cc(Sc3cccc(F)c3)cc(F)c21. The molecular weight excluding hydrogens is 286 g/mol. The molecule has 0 radical (unpaired) electrons. The Balaban J connectivity index is 1.93. The zero-order valence-electron chi connectivity index (χ0n) is 12.0. The van der Waals surface area contributed by atoms with Crippen LogP contribution in [0.25, 0.3) is 0 Å². The third-order valence-corrected chi connectivity index (χ3v) is 5.08. The van der Waals surface area contributed by atoms with E-state index in [-0.39, 0.29) is 11.6 Å². The van der Waals surface area contributed by atoms with Crippen LogP contribution in [0.3, 0.4) is 0 Å². The number of rotatable bonds is 3. The molecule has 1 atom stereocenters. The first-order valence-corrected chi connectivity index (χ1v) is 8.24. The number of hydrogen-bond acceptors (Lipinski definition) is 1. The Morgan fingerprint density at radius 1 is 1.14 bits per heavy atom. The van der Waals surface area contributed by atoms with E-state index in [0.29, 0.717) is 5.92 Å². The first-order valence-electron chi connectivity index (χ1n) is 7.43. The van der Waals surface area contributed by atoms with Crippen molar-refractivity contribution in [3.8, 4) is 0 Å². The minimum atomic E-state index is -0.260. The van der Waals surface area contributed by atoms with Gasteiger partial charge in [-0.05, 0) is 73.1 Å². The Bertz CT molecular complexity index is 652. The molecule has 0 spiro atoms. The van der Waals surface area contributed by atoms with Crippen LogP contribution in [0.2, 0.25) is 0 Å².